The number of pyridine rings is 1. The van der Waals surface area contributed by atoms with Crippen LogP contribution >= 0.6 is 0 Å². The van der Waals surface area contributed by atoms with Crippen molar-refractivity contribution in [3.63, 3.8) is 0 Å². The van der Waals surface area contributed by atoms with Gasteiger partial charge in [-0.15, -0.1) is 6.58 Å². The number of carbonyl (C=O) groups excluding carboxylic acids is 1. The van der Waals surface area contributed by atoms with E-state index in [2.05, 4.69) is 11.6 Å². The Morgan fingerprint density at radius 2 is 2.27 bits per heavy atom. The van der Waals surface area contributed by atoms with Crippen molar-refractivity contribution in [3.05, 3.63) is 41.7 Å². The number of aromatic nitrogens is 1. The van der Waals surface area contributed by atoms with Crippen LogP contribution in [0.2, 0.25) is 0 Å². The van der Waals surface area contributed by atoms with Crippen LogP contribution in [0, 0.1) is 0 Å². The first-order valence-corrected chi connectivity index (χ1v) is 4.96. The molecule has 0 bridgehead atoms. The van der Waals surface area contributed by atoms with E-state index >= 15 is 0 Å². The lowest BCUT2D eigenvalue weighted by Crippen LogP contribution is -2.04. The molecule has 3 heteroatoms. The van der Waals surface area contributed by atoms with Crippen LogP contribution in [-0.4, -0.2) is 10.8 Å². The molecule has 0 aromatic carbocycles. The highest BCUT2D eigenvalue weighted by Crippen LogP contribution is 2.09. The number of nitrogens with zero attached hydrogens (tertiary/aromatic N) is 1. The Morgan fingerprint density at radius 3 is 2.87 bits per heavy atom. The summed E-state index contributed by atoms with van der Waals surface area (Å²) >= 11 is 0. The average molecular weight is 204 g/mol. The molecule has 1 rings (SSSR count). The van der Waals surface area contributed by atoms with Crippen LogP contribution in [0.5, 0.6) is 0 Å². The van der Waals surface area contributed by atoms with Gasteiger partial charge in [-0.3, -0.25) is 9.78 Å². The minimum Gasteiger partial charge on any atom is -0.325 e. The summed E-state index contributed by atoms with van der Waals surface area (Å²) in [5.74, 6) is 0.120. The molecular weight excluding hydrogens is 188 g/mol. The predicted molar refractivity (Wildman–Crippen MR) is 60.5 cm³/mol. The van der Waals surface area contributed by atoms with Crippen LogP contribution in [0.1, 0.15) is 35.8 Å². The Balaban J connectivity index is 2.69. The van der Waals surface area contributed by atoms with Crippen LogP contribution < -0.4 is 5.73 Å². The summed E-state index contributed by atoms with van der Waals surface area (Å²) in [6, 6.07) is 3.47. The first-order valence-electron chi connectivity index (χ1n) is 4.96. The lowest BCUT2D eigenvalue weighted by molar-refractivity contribution is 0.0982. The topological polar surface area (TPSA) is 56.0 Å². The number of Topliss-reactive ketones (excluding diaryl/α,β-unsaturated/α-hetero) is 1. The summed E-state index contributed by atoms with van der Waals surface area (Å²) < 4.78 is 0. The fourth-order valence-electron chi connectivity index (χ4n) is 1.23. The molecular formula is C12H16N2O. The second kappa shape index (κ2) is 5.41. The van der Waals surface area contributed by atoms with Gasteiger partial charge in [0.05, 0.1) is 5.69 Å². The van der Waals surface area contributed by atoms with Gasteiger partial charge < -0.3 is 5.73 Å². The zero-order valence-corrected chi connectivity index (χ0v) is 8.99. The predicted octanol–water partition coefficient (Wildman–Crippen LogP) is 2.08. The lowest BCUT2D eigenvalue weighted by Gasteiger charge is -2.02. The second-order valence-electron chi connectivity index (χ2n) is 3.62. The number of nitrogens with two attached hydrogens (primary N) is 1. The molecule has 80 valence electrons. The molecule has 0 unspecified atom stereocenters. The number of ketones is 1. The fraction of sp³-hybridized carbons (Fsp3) is 0.333. The Hall–Kier alpha value is -1.48. The smallest absolute Gasteiger partial charge is 0.163 e. The van der Waals surface area contributed by atoms with Gasteiger partial charge in [0.1, 0.15) is 0 Å². The maximum atomic E-state index is 11.7. The van der Waals surface area contributed by atoms with E-state index in [1.54, 1.807) is 18.3 Å². The second-order valence-corrected chi connectivity index (χ2v) is 3.62. The zero-order chi connectivity index (χ0) is 11.3. The Kier molecular flexibility index (Phi) is 4.18. The van der Waals surface area contributed by atoms with Crippen molar-refractivity contribution in [2.75, 3.05) is 0 Å². The number of rotatable bonds is 5. The molecule has 0 spiro atoms. The summed E-state index contributed by atoms with van der Waals surface area (Å²) in [5.41, 5.74) is 7.91. The third-order valence-corrected chi connectivity index (χ3v) is 2.13. The molecule has 0 aliphatic heterocycles. The molecule has 0 saturated carbocycles. The van der Waals surface area contributed by atoms with Gasteiger partial charge in [0.2, 0.25) is 0 Å². The molecule has 0 aliphatic carbocycles. The summed E-state index contributed by atoms with van der Waals surface area (Å²) in [6.07, 6.45) is 2.86. The molecule has 3 nitrogen and oxygen atoms in total. The highest BCUT2D eigenvalue weighted by molar-refractivity contribution is 5.96. The minimum atomic E-state index is 0.120. The largest absolute Gasteiger partial charge is 0.325 e. The van der Waals surface area contributed by atoms with E-state index < -0.39 is 0 Å². The molecule has 1 aromatic rings. The highest BCUT2D eigenvalue weighted by Gasteiger charge is 2.06. The molecule has 1 aromatic heterocycles. The summed E-state index contributed by atoms with van der Waals surface area (Å²) in [5, 5.41) is 0. The van der Waals surface area contributed by atoms with Crippen molar-refractivity contribution >= 4 is 5.78 Å². The quantitative estimate of drug-likeness (QED) is 0.590. The van der Waals surface area contributed by atoms with Gasteiger partial charge in [-0.25, -0.2) is 0 Å². The molecule has 0 aliphatic rings. The van der Waals surface area contributed by atoms with Crippen molar-refractivity contribution in [3.8, 4) is 0 Å². The van der Waals surface area contributed by atoms with E-state index in [1.807, 2.05) is 6.92 Å². The molecule has 15 heavy (non-hydrogen) atoms. The number of hydrogen-bond donors (Lipinski definition) is 1. The zero-order valence-electron chi connectivity index (χ0n) is 8.99. The number of hydrogen-bond acceptors (Lipinski definition) is 3. The maximum absolute atomic E-state index is 11.7. The van der Waals surface area contributed by atoms with E-state index in [9.17, 15) is 4.79 Å². The molecule has 0 saturated heterocycles. The van der Waals surface area contributed by atoms with Gasteiger partial charge in [0, 0.05) is 24.7 Å². The van der Waals surface area contributed by atoms with Gasteiger partial charge in [0.25, 0.3) is 0 Å². The molecule has 0 amide bonds. The van der Waals surface area contributed by atoms with Crippen molar-refractivity contribution < 1.29 is 4.79 Å². The Labute approximate surface area is 90.0 Å². The van der Waals surface area contributed by atoms with Crippen LogP contribution in [0.3, 0.4) is 0 Å². The van der Waals surface area contributed by atoms with Crippen LogP contribution in [0.15, 0.2) is 30.5 Å². The summed E-state index contributed by atoms with van der Waals surface area (Å²) in [7, 11) is 0. The summed E-state index contributed by atoms with van der Waals surface area (Å²) in [6.45, 7) is 6.05. The van der Waals surface area contributed by atoms with E-state index in [1.165, 1.54) is 0 Å². The van der Waals surface area contributed by atoms with Crippen molar-refractivity contribution in [2.24, 2.45) is 5.73 Å². The van der Waals surface area contributed by atoms with Crippen molar-refractivity contribution in [2.45, 2.75) is 26.3 Å². The fourth-order valence-corrected chi connectivity index (χ4v) is 1.23. The first kappa shape index (κ1) is 11.6. The molecule has 0 atom stereocenters. The lowest BCUT2D eigenvalue weighted by atomic mass is 10.0. The highest BCUT2D eigenvalue weighted by atomic mass is 16.1. The van der Waals surface area contributed by atoms with Gasteiger partial charge in [-0.1, -0.05) is 5.57 Å². The van der Waals surface area contributed by atoms with Gasteiger partial charge in [-0.05, 0) is 25.5 Å². The SMILES string of the molecule is C=C(C)CCC(=O)c1ccnc(CN)c1. The van der Waals surface area contributed by atoms with Gasteiger partial charge in [-0.2, -0.15) is 0 Å². The number of allylic oxidation sites excluding steroid dienone is 1. The molecule has 1 heterocycles. The van der Waals surface area contributed by atoms with Crippen molar-refractivity contribution in [1.29, 1.82) is 0 Å². The third kappa shape index (κ3) is 3.64. The standard InChI is InChI=1S/C12H16N2O/c1-9(2)3-4-12(15)10-5-6-14-11(7-10)8-13/h5-7H,1,3-4,8,13H2,2H3. The van der Waals surface area contributed by atoms with E-state index in [-0.39, 0.29) is 5.78 Å². The van der Waals surface area contributed by atoms with Crippen LogP contribution in [-0.2, 0) is 6.54 Å². The molecule has 2 N–H and O–H groups in total. The Bertz CT molecular complexity index is 372. The van der Waals surface area contributed by atoms with Crippen molar-refractivity contribution in [1.82, 2.24) is 4.98 Å². The van der Waals surface area contributed by atoms with E-state index in [0.29, 0.717) is 18.5 Å². The van der Waals surface area contributed by atoms with E-state index in [4.69, 9.17) is 5.73 Å². The maximum Gasteiger partial charge on any atom is 0.163 e. The first-order chi connectivity index (χ1) is 7.13. The van der Waals surface area contributed by atoms with Gasteiger partial charge in [0.15, 0.2) is 5.78 Å². The minimum absolute atomic E-state index is 0.120. The van der Waals surface area contributed by atoms with E-state index in [0.717, 1.165) is 17.7 Å². The van der Waals surface area contributed by atoms with Gasteiger partial charge >= 0.3 is 0 Å². The summed E-state index contributed by atoms with van der Waals surface area (Å²) in [4.78, 5) is 15.7. The monoisotopic (exact) mass is 204 g/mol. The normalized spacial score (nSPS) is 10.0. The molecule has 0 fully saturated rings. The molecule has 0 radical (unpaired) electrons. The third-order valence-electron chi connectivity index (χ3n) is 2.13. The average Bonchev–Trinajstić information content (AvgIpc) is 2.26. The Morgan fingerprint density at radius 1 is 1.53 bits per heavy atom. The van der Waals surface area contributed by atoms with Crippen LogP contribution in [0.25, 0.3) is 0 Å². The van der Waals surface area contributed by atoms with Crippen LogP contribution in [0.4, 0.5) is 0 Å². The number of carbonyl (C=O) groups is 1.